The second kappa shape index (κ2) is 6.40. The van der Waals surface area contributed by atoms with Gasteiger partial charge in [0.1, 0.15) is 0 Å². The van der Waals surface area contributed by atoms with Gasteiger partial charge in [0.05, 0.1) is 17.8 Å². The molecule has 2 unspecified atom stereocenters. The molecule has 1 saturated carbocycles. The Morgan fingerprint density at radius 1 is 1.11 bits per heavy atom. The molecule has 1 aromatic carbocycles. The largest absolute Gasteiger partial charge is 0.391 e. The van der Waals surface area contributed by atoms with Crippen molar-refractivity contribution in [3.8, 4) is 0 Å². The molecule has 2 atom stereocenters. The van der Waals surface area contributed by atoms with Crippen molar-refractivity contribution in [2.24, 2.45) is 0 Å². The number of aliphatic hydroxyl groups excluding tert-OH is 1. The SMILES string of the molecule is Cc1cc(Br)c(NC2CCCCCC2O)c(Br)c1. The second-order valence-corrected chi connectivity index (χ2v) is 6.77. The van der Waals surface area contributed by atoms with Gasteiger partial charge in [0.15, 0.2) is 0 Å². The molecule has 0 radical (unpaired) electrons. The van der Waals surface area contributed by atoms with E-state index in [2.05, 4.69) is 56.2 Å². The Hall–Kier alpha value is -0.0600. The Balaban J connectivity index is 2.17. The van der Waals surface area contributed by atoms with Gasteiger partial charge in [-0.2, -0.15) is 0 Å². The molecule has 1 aliphatic carbocycles. The van der Waals surface area contributed by atoms with Gasteiger partial charge in [-0.3, -0.25) is 0 Å². The average Bonchev–Trinajstić information content (AvgIpc) is 2.49. The molecule has 0 spiro atoms. The number of halogens is 2. The van der Waals surface area contributed by atoms with E-state index < -0.39 is 0 Å². The van der Waals surface area contributed by atoms with Crippen molar-refractivity contribution >= 4 is 37.5 Å². The van der Waals surface area contributed by atoms with Crippen LogP contribution in [0.2, 0.25) is 0 Å². The smallest absolute Gasteiger partial charge is 0.0741 e. The van der Waals surface area contributed by atoms with E-state index in [1.165, 1.54) is 18.4 Å². The molecule has 18 heavy (non-hydrogen) atoms. The summed E-state index contributed by atoms with van der Waals surface area (Å²) in [7, 11) is 0. The van der Waals surface area contributed by atoms with Crippen molar-refractivity contribution in [1.82, 2.24) is 0 Å². The van der Waals surface area contributed by atoms with Crippen LogP contribution in [0.25, 0.3) is 0 Å². The van der Waals surface area contributed by atoms with E-state index in [1.807, 2.05) is 0 Å². The number of benzene rings is 1. The van der Waals surface area contributed by atoms with Crippen LogP contribution in [0.1, 0.15) is 37.7 Å². The maximum absolute atomic E-state index is 10.2. The fourth-order valence-corrected chi connectivity index (χ4v) is 4.12. The number of nitrogens with one attached hydrogen (secondary N) is 1. The first-order valence-electron chi connectivity index (χ1n) is 6.48. The molecule has 0 amide bonds. The van der Waals surface area contributed by atoms with Crippen LogP contribution in [-0.2, 0) is 0 Å². The summed E-state index contributed by atoms with van der Waals surface area (Å²) in [6.07, 6.45) is 5.25. The third kappa shape index (κ3) is 3.49. The summed E-state index contributed by atoms with van der Waals surface area (Å²) in [5.74, 6) is 0. The number of hydrogen-bond donors (Lipinski definition) is 2. The number of anilines is 1. The summed E-state index contributed by atoms with van der Waals surface area (Å²) in [4.78, 5) is 0. The minimum atomic E-state index is -0.243. The van der Waals surface area contributed by atoms with E-state index in [-0.39, 0.29) is 12.1 Å². The van der Waals surface area contributed by atoms with Crippen molar-refractivity contribution < 1.29 is 5.11 Å². The standard InChI is InChI=1S/C14H19Br2NO/c1-9-7-10(15)14(11(16)8-9)17-12-5-3-2-4-6-13(12)18/h7-8,12-13,17-18H,2-6H2,1H3. The lowest BCUT2D eigenvalue weighted by Crippen LogP contribution is -2.32. The lowest BCUT2D eigenvalue weighted by Gasteiger charge is -2.24. The molecule has 2 rings (SSSR count). The number of aliphatic hydroxyl groups is 1. The van der Waals surface area contributed by atoms with Gasteiger partial charge in [0.25, 0.3) is 0 Å². The predicted octanol–water partition coefficient (Wildman–Crippen LogP) is 4.63. The van der Waals surface area contributed by atoms with Crippen LogP contribution in [0.4, 0.5) is 5.69 Å². The molecule has 0 aliphatic heterocycles. The van der Waals surface area contributed by atoms with Gasteiger partial charge in [-0.1, -0.05) is 19.3 Å². The molecular formula is C14H19Br2NO. The zero-order valence-corrected chi connectivity index (χ0v) is 13.7. The maximum atomic E-state index is 10.2. The molecule has 100 valence electrons. The summed E-state index contributed by atoms with van der Waals surface area (Å²) >= 11 is 7.18. The quantitative estimate of drug-likeness (QED) is 0.737. The van der Waals surface area contributed by atoms with E-state index in [0.717, 1.165) is 33.9 Å². The second-order valence-electron chi connectivity index (χ2n) is 5.06. The Bertz CT molecular complexity index is 399. The predicted molar refractivity (Wildman–Crippen MR) is 83.1 cm³/mol. The molecule has 2 N–H and O–H groups in total. The van der Waals surface area contributed by atoms with Crippen LogP contribution < -0.4 is 5.32 Å². The van der Waals surface area contributed by atoms with Gasteiger partial charge in [0.2, 0.25) is 0 Å². The van der Waals surface area contributed by atoms with Gasteiger partial charge in [-0.15, -0.1) is 0 Å². The third-order valence-electron chi connectivity index (χ3n) is 3.50. The minimum Gasteiger partial charge on any atom is -0.391 e. The first kappa shape index (κ1) is 14.4. The van der Waals surface area contributed by atoms with Crippen LogP contribution >= 0.6 is 31.9 Å². The van der Waals surface area contributed by atoms with Crippen molar-refractivity contribution in [2.45, 2.75) is 51.2 Å². The monoisotopic (exact) mass is 375 g/mol. The third-order valence-corrected chi connectivity index (χ3v) is 4.75. The van der Waals surface area contributed by atoms with Gasteiger partial charge >= 0.3 is 0 Å². The van der Waals surface area contributed by atoms with Crippen LogP contribution in [0.15, 0.2) is 21.1 Å². The van der Waals surface area contributed by atoms with E-state index in [9.17, 15) is 5.11 Å². The van der Waals surface area contributed by atoms with Gasteiger partial charge in [0, 0.05) is 8.95 Å². The summed E-state index contributed by atoms with van der Waals surface area (Å²) < 4.78 is 2.09. The first-order valence-corrected chi connectivity index (χ1v) is 8.07. The molecule has 0 saturated heterocycles. The summed E-state index contributed by atoms with van der Waals surface area (Å²) in [5.41, 5.74) is 2.26. The van der Waals surface area contributed by atoms with Crippen LogP contribution in [0.5, 0.6) is 0 Å². The normalized spacial score (nSPS) is 24.7. The van der Waals surface area contributed by atoms with Crippen molar-refractivity contribution in [3.63, 3.8) is 0 Å². The highest BCUT2D eigenvalue weighted by atomic mass is 79.9. The Morgan fingerprint density at radius 3 is 2.39 bits per heavy atom. The molecule has 0 bridgehead atoms. The van der Waals surface area contributed by atoms with E-state index in [4.69, 9.17) is 0 Å². The van der Waals surface area contributed by atoms with Gasteiger partial charge in [-0.05, 0) is 69.3 Å². The average molecular weight is 377 g/mol. The highest BCUT2D eigenvalue weighted by Crippen LogP contribution is 2.34. The lowest BCUT2D eigenvalue weighted by atomic mass is 10.1. The number of hydrogen-bond acceptors (Lipinski definition) is 2. The lowest BCUT2D eigenvalue weighted by molar-refractivity contribution is 0.144. The molecule has 1 aromatic rings. The summed E-state index contributed by atoms with van der Waals surface area (Å²) in [5, 5.41) is 13.6. The van der Waals surface area contributed by atoms with E-state index >= 15 is 0 Å². The van der Waals surface area contributed by atoms with E-state index in [0.29, 0.717) is 0 Å². The topological polar surface area (TPSA) is 32.3 Å². The van der Waals surface area contributed by atoms with Crippen molar-refractivity contribution in [3.05, 3.63) is 26.6 Å². The Morgan fingerprint density at radius 2 is 1.72 bits per heavy atom. The number of rotatable bonds is 2. The molecule has 4 heteroatoms. The highest BCUT2D eigenvalue weighted by Gasteiger charge is 2.22. The molecule has 2 nitrogen and oxygen atoms in total. The molecule has 1 aliphatic rings. The van der Waals surface area contributed by atoms with Gasteiger partial charge < -0.3 is 10.4 Å². The molecule has 1 fully saturated rings. The summed E-state index contributed by atoms with van der Waals surface area (Å²) in [6.45, 7) is 2.07. The van der Waals surface area contributed by atoms with Crippen molar-refractivity contribution in [2.75, 3.05) is 5.32 Å². The molecular weight excluding hydrogens is 358 g/mol. The van der Waals surface area contributed by atoms with Crippen LogP contribution in [0.3, 0.4) is 0 Å². The fourth-order valence-electron chi connectivity index (χ4n) is 2.48. The Kier molecular flexibility index (Phi) is 5.10. The fraction of sp³-hybridized carbons (Fsp3) is 0.571. The summed E-state index contributed by atoms with van der Waals surface area (Å²) in [6, 6.07) is 4.34. The van der Waals surface area contributed by atoms with Crippen LogP contribution in [-0.4, -0.2) is 17.3 Å². The molecule has 0 aromatic heterocycles. The number of aryl methyl sites for hydroxylation is 1. The minimum absolute atomic E-state index is 0.155. The maximum Gasteiger partial charge on any atom is 0.0741 e. The van der Waals surface area contributed by atoms with E-state index in [1.54, 1.807) is 0 Å². The first-order chi connectivity index (χ1) is 8.58. The zero-order valence-electron chi connectivity index (χ0n) is 10.5. The van der Waals surface area contributed by atoms with Crippen molar-refractivity contribution in [1.29, 1.82) is 0 Å². The zero-order chi connectivity index (χ0) is 13.1. The Labute approximate surface area is 125 Å². The van der Waals surface area contributed by atoms with Gasteiger partial charge in [-0.25, -0.2) is 0 Å². The van der Waals surface area contributed by atoms with Crippen LogP contribution in [0, 0.1) is 6.92 Å². The molecule has 0 heterocycles. The highest BCUT2D eigenvalue weighted by molar-refractivity contribution is 9.11.